The minimum absolute atomic E-state index is 0.0560. The van der Waals surface area contributed by atoms with Gasteiger partial charge in [0.05, 0.1) is 6.54 Å². The summed E-state index contributed by atoms with van der Waals surface area (Å²) in [7, 11) is 0. The summed E-state index contributed by atoms with van der Waals surface area (Å²) in [6, 6.07) is 0. The van der Waals surface area contributed by atoms with Crippen LogP contribution in [0.5, 0.6) is 0 Å². The molecule has 2 fully saturated rings. The number of rotatable bonds is 9. The average molecular weight is 477 g/mol. The molecule has 0 atom stereocenters. The van der Waals surface area contributed by atoms with Gasteiger partial charge >= 0.3 is 0 Å². The quantitative estimate of drug-likeness (QED) is 0.540. The number of carbonyl (C=O) groups is 3. The summed E-state index contributed by atoms with van der Waals surface area (Å²) in [6.07, 6.45) is 6.56. The molecule has 34 heavy (non-hydrogen) atoms. The molecule has 3 amide bonds. The summed E-state index contributed by atoms with van der Waals surface area (Å²) in [5.74, 6) is 1.06. The third-order valence-electron chi connectivity index (χ3n) is 7.02. The monoisotopic (exact) mass is 476 g/mol. The zero-order valence-electron chi connectivity index (χ0n) is 21.0. The molecule has 1 aromatic rings. The Labute approximate surface area is 202 Å². The lowest BCUT2D eigenvalue weighted by molar-refractivity contribution is -0.135. The summed E-state index contributed by atoms with van der Waals surface area (Å²) in [4.78, 5) is 47.3. The Bertz CT molecular complexity index is 821. The number of aryl methyl sites for hydroxylation is 1. The third kappa shape index (κ3) is 6.77. The van der Waals surface area contributed by atoms with Gasteiger partial charge in [0, 0.05) is 59.0 Å². The number of nitrogens with zero attached hydrogens (tertiary/aromatic N) is 5. The normalized spacial score (nSPS) is 18.9. The second-order valence-electron chi connectivity index (χ2n) is 9.41. The SMILES string of the molecule is CCN(CC)C(=O)CN1CCN(C(=O)CCc2nc(C3(NC(C)=O)CCCCCC3)no2)CC1. The second-order valence-corrected chi connectivity index (χ2v) is 9.41. The van der Waals surface area contributed by atoms with E-state index in [9.17, 15) is 14.4 Å². The minimum atomic E-state index is -0.576. The molecule has 1 saturated carbocycles. The highest BCUT2D eigenvalue weighted by atomic mass is 16.5. The van der Waals surface area contributed by atoms with Crippen LogP contribution < -0.4 is 5.32 Å². The van der Waals surface area contributed by atoms with E-state index in [2.05, 4.69) is 20.4 Å². The van der Waals surface area contributed by atoms with Crippen LogP contribution in [0.4, 0.5) is 0 Å². The average Bonchev–Trinajstić information content (AvgIpc) is 3.18. The molecule has 190 valence electrons. The molecule has 10 heteroatoms. The highest BCUT2D eigenvalue weighted by Crippen LogP contribution is 2.34. The lowest BCUT2D eigenvalue weighted by atomic mass is 9.89. The summed E-state index contributed by atoms with van der Waals surface area (Å²) < 4.78 is 5.47. The number of amides is 3. The molecule has 3 rings (SSSR count). The summed E-state index contributed by atoms with van der Waals surface area (Å²) >= 11 is 0. The van der Waals surface area contributed by atoms with Crippen molar-refractivity contribution in [3.8, 4) is 0 Å². The summed E-state index contributed by atoms with van der Waals surface area (Å²) in [5.41, 5.74) is -0.576. The molecule has 1 N–H and O–H groups in total. The number of piperazine rings is 1. The number of nitrogens with one attached hydrogen (secondary N) is 1. The van der Waals surface area contributed by atoms with E-state index < -0.39 is 5.54 Å². The van der Waals surface area contributed by atoms with Crippen molar-refractivity contribution in [1.82, 2.24) is 30.2 Å². The van der Waals surface area contributed by atoms with Crippen LogP contribution in [0.15, 0.2) is 4.52 Å². The maximum Gasteiger partial charge on any atom is 0.236 e. The molecule has 0 aromatic carbocycles. The second kappa shape index (κ2) is 12.3. The van der Waals surface area contributed by atoms with Gasteiger partial charge in [-0.3, -0.25) is 19.3 Å². The highest BCUT2D eigenvalue weighted by molar-refractivity contribution is 5.78. The summed E-state index contributed by atoms with van der Waals surface area (Å²) in [5, 5.41) is 7.28. The number of hydrogen-bond acceptors (Lipinski definition) is 7. The van der Waals surface area contributed by atoms with Crippen molar-refractivity contribution in [2.24, 2.45) is 0 Å². The molecule has 1 aromatic heterocycles. The first-order chi connectivity index (χ1) is 16.4. The molecule has 1 aliphatic heterocycles. The molecule has 0 radical (unpaired) electrons. The zero-order valence-corrected chi connectivity index (χ0v) is 21.0. The fraction of sp³-hybridized carbons (Fsp3) is 0.792. The Morgan fingerprint density at radius 3 is 2.26 bits per heavy atom. The smallest absolute Gasteiger partial charge is 0.236 e. The largest absolute Gasteiger partial charge is 0.343 e. The van der Waals surface area contributed by atoms with Crippen molar-refractivity contribution in [2.75, 3.05) is 45.8 Å². The van der Waals surface area contributed by atoms with Crippen molar-refractivity contribution in [3.63, 3.8) is 0 Å². The van der Waals surface area contributed by atoms with Gasteiger partial charge in [0.2, 0.25) is 23.6 Å². The predicted octanol–water partition coefficient (Wildman–Crippen LogP) is 1.70. The molecule has 2 aliphatic rings. The van der Waals surface area contributed by atoms with Crippen LogP contribution in [-0.4, -0.2) is 88.4 Å². The maximum absolute atomic E-state index is 12.7. The molecule has 1 saturated heterocycles. The van der Waals surface area contributed by atoms with Crippen molar-refractivity contribution in [3.05, 3.63) is 11.7 Å². The van der Waals surface area contributed by atoms with Gasteiger partial charge in [-0.2, -0.15) is 4.98 Å². The molecule has 0 bridgehead atoms. The molecular formula is C24H40N6O4. The van der Waals surface area contributed by atoms with E-state index in [1.54, 1.807) is 0 Å². The lowest BCUT2D eigenvalue weighted by Crippen LogP contribution is -2.51. The minimum Gasteiger partial charge on any atom is -0.343 e. The lowest BCUT2D eigenvalue weighted by Gasteiger charge is -2.35. The Hall–Kier alpha value is -2.49. The van der Waals surface area contributed by atoms with E-state index in [1.807, 2.05) is 23.6 Å². The van der Waals surface area contributed by atoms with E-state index in [1.165, 1.54) is 6.92 Å². The van der Waals surface area contributed by atoms with Gasteiger partial charge < -0.3 is 19.6 Å². The number of aromatic nitrogens is 2. The first-order valence-electron chi connectivity index (χ1n) is 12.8. The van der Waals surface area contributed by atoms with Crippen molar-refractivity contribution in [1.29, 1.82) is 0 Å². The Morgan fingerprint density at radius 2 is 1.68 bits per heavy atom. The van der Waals surface area contributed by atoms with Crippen molar-refractivity contribution < 1.29 is 18.9 Å². The maximum atomic E-state index is 12.7. The molecule has 0 spiro atoms. The summed E-state index contributed by atoms with van der Waals surface area (Å²) in [6.45, 7) is 9.97. The van der Waals surface area contributed by atoms with Crippen LogP contribution in [0.1, 0.15) is 77.4 Å². The van der Waals surface area contributed by atoms with Gasteiger partial charge in [-0.1, -0.05) is 30.8 Å². The zero-order chi connectivity index (χ0) is 24.6. The number of hydrogen-bond donors (Lipinski definition) is 1. The third-order valence-corrected chi connectivity index (χ3v) is 7.02. The van der Waals surface area contributed by atoms with Gasteiger partial charge in [0.25, 0.3) is 0 Å². The van der Waals surface area contributed by atoms with Gasteiger partial charge in [-0.15, -0.1) is 0 Å². The van der Waals surface area contributed by atoms with Gasteiger partial charge in [-0.25, -0.2) is 0 Å². The first kappa shape index (κ1) is 26.1. The van der Waals surface area contributed by atoms with E-state index in [-0.39, 0.29) is 17.7 Å². The van der Waals surface area contributed by atoms with Crippen LogP contribution in [0.2, 0.25) is 0 Å². The molecular weight excluding hydrogens is 436 g/mol. The van der Waals surface area contributed by atoms with Crippen LogP contribution in [-0.2, 0) is 26.3 Å². The predicted molar refractivity (Wildman–Crippen MR) is 127 cm³/mol. The fourth-order valence-corrected chi connectivity index (χ4v) is 5.02. The molecule has 0 unspecified atom stereocenters. The van der Waals surface area contributed by atoms with Gasteiger partial charge in [0.1, 0.15) is 5.54 Å². The highest BCUT2D eigenvalue weighted by Gasteiger charge is 2.38. The first-order valence-corrected chi connectivity index (χ1v) is 12.8. The van der Waals surface area contributed by atoms with Crippen molar-refractivity contribution in [2.45, 2.75) is 77.7 Å². The Morgan fingerprint density at radius 1 is 1.03 bits per heavy atom. The van der Waals surface area contributed by atoms with Crippen LogP contribution >= 0.6 is 0 Å². The van der Waals surface area contributed by atoms with Crippen LogP contribution in [0.3, 0.4) is 0 Å². The van der Waals surface area contributed by atoms with Crippen LogP contribution in [0.25, 0.3) is 0 Å². The Kier molecular flexibility index (Phi) is 9.44. The van der Waals surface area contributed by atoms with E-state index in [4.69, 9.17) is 4.52 Å². The number of carbonyl (C=O) groups excluding carboxylic acids is 3. The Balaban J connectivity index is 1.49. The standard InChI is InChI=1S/C24H40N6O4/c1-4-29(5-2)22(33)18-28-14-16-30(17-15-28)21(32)11-10-20-25-23(27-34-20)24(26-19(3)31)12-8-6-7-9-13-24/h4-18H2,1-3H3,(H,26,31). The van der Waals surface area contributed by atoms with E-state index >= 15 is 0 Å². The molecule has 2 heterocycles. The topological polar surface area (TPSA) is 112 Å². The molecule has 10 nitrogen and oxygen atoms in total. The van der Waals surface area contributed by atoms with E-state index in [0.717, 1.165) is 51.6 Å². The van der Waals surface area contributed by atoms with Crippen molar-refractivity contribution >= 4 is 17.7 Å². The van der Waals surface area contributed by atoms with E-state index in [0.29, 0.717) is 57.3 Å². The van der Waals surface area contributed by atoms with Crippen LogP contribution in [0, 0.1) is 0 Å². The molecule has 1 aliphatic carbocycles. The number of likely N-dealkylation sites (N-methyl/N-ethyl adjacent to an activating group) is 1. The van der Waals surface area contributed by atoms with Gasteiger partial charge in [-0.05, 0) is 26.7 Å². The van der Waals surface area contributed by atoms with Gasteiger partial charge in [0.15, 0.2) is 5.82 Å². The fourth-order valence-electron chi connectivity index (χ4n) is 5.02.